The molecule has 29 heavy (non-hydrogen) atoms. The Kier molecular flexibility index (Phi) is 7.64. The van der Waals surface area contributed by atoms with Gasteiger partial charge >= 0.3 is 0 Å². The lowest BCUT2D eigenvalue weighted by Crippen LogP contribution is -2.04. The van der Waals surface area contributed by atoms with Crippen LogP contribution in [0.5, 0.6) is 11.5 Å². The first-order valence-electron chi connectivity index (χ1n) is 8.98. The molecule has 3 rings (SSSR count). The molecule has 0 aliphatic heterocycles. The Balaban J connectivity index is 1.76. The van der Waals surface area contributed by atoms with Crippen LogP contribution >= 0.6 is 39.1 Å². The van der Waals surface area contributed by atoms with Gasteiger partial charge in [-0.15, -0.1) is 0 Å². The SMILES string of the molecule is CCOc1cc(CNc2ccc(F)c(Cl)c2)c(Br)cc1OCc1ccccc1Cl. The van der Waals surface area contributed by atoms with Gasteiger partial charge < -0.3 is 14.8 Å². The maximum atomic E-state index is 13.3. The number of hydrogen-bond acceptors (Lipinski definition) is 3. The van der Waals surface area contributed by atoms with Gasteiger partial charge in [-0.1, -0.05) is 57.3 Å². The number of rotatable bonds is 8. The minimum atomic E-state index is -0.447. The topological polar surface area (TPSA) is 30.5 Å². The van der Waals surface area contributed by atoms with E-state index in [-0.39, 0.29) is 5.02 Å². The lowest BCUT2D eigenvalue weighted by molar-refractivity contribution is 0.269. The highest BCUT2D eigenvalue weighted by atomic mass is 79.9. The van der Waals surface area contributed by atoms with Crippen LogP contribution in [0.2, 0.25) is 10.0 Å². The van der Waals surface area contributed by atoms with Gasteiger partial charge in [0.1, 0.15) is 12.4 Å². The Labute approximate surface area is 187 Å². The molecular formula is C22H19BrCl2FNO2. The molecule has 0 aliphatic carbocycles. The molecule has 7 heteroatoms. The van der Waals surface area contributed by atoms with Crippen LogP contribution in [-0.4, -0.2) is 6.61 Å². The van der Waals surface area contributed by atoms with E-state index in [1.54, 1.807) is 12.1 Å². The first-order valence-corrected chi connectivity index (χ1v) is 10.5. The molecule has 0 saturated carbocycles. The molecule has 0 amide bonds. The van der Waals surface area contributed by atoms with Crippen molar-refractivity contribution < 1.29 is 13.9 Å². The fraction of sp³-hybridized carbons (Fsp3) is 0.182. The smallest absolute Gasteiger partial charge is 0.162 e. The molecule has 0 spiro atoms. The van der Waals surface area contributed by atoms with Gasteiger partial charge in [-0.3, -0.25) is 0 Å². The summed E-state index contributed by atoms with van der Waals surface area (Å²) in [4.78, 5) is 0. The minimum Gasteiger partial charge on any atom is -0.490 e. The maximum absolute atomic E-state index is 13.3. The molecule has 3 aromatic carbocycles. The standard InChI is InChI=1S/C22H19BrCl2FNO2/c1-2-28-21-9-15(12-27-16-7-8-20(26)19(25)10-16)17(23)11-22(21)29-13-14-5-3-4-6-18(14)24/h3-11,27H,2,12-13H2,1H3. The second-order valence-electron chi connectivity index (χ2n) is 6.19. The molecule has 0 heterocycles. The summed E-state index contributed by atoms with van der Waals surface area (Å²) in [6.07, 6.45) is 0. The fourth-order valence-corrected chi connectivity index (χ4v) is 3.50. The van der Waals surface area contributed by atoms with E-state index in [9.17, 15) is 4.39 Å². The predicted octanol–water partition coefficient (Wildman–Crippen LogP) is 7.48. The van der Waals surface area contributed by atoms with Gasteiger partial charge in [0.2, 0.25) is 0 Å². The van der Waals surface area contributed by atoms with Gasteiger partial charge in [0.05, 0.1) is 11.6 Å². The first kappa shape index (κ1) is 21.8. The van der Waals surface area contributed by atoms with Crippen LogP contribution in [0.4, 0.5) is 10.1 Å². The molecule has 0 atom stereocenters. The van der Waals surface area contributed by atoms with Crippen LogP contribution in [0.1, 0.15) is 18.1 Å². The normalized spacial score (nSPS) is 10.7. The number of anilines is 1. The summed E-state index contributed by atoms with van der Waals surface area (Å²) in [6, 6.07) is 15.8. The second kappa shape index (κ2) is 10.2. The van der Waals surface area contributed by atoms with Crippen LogP contribution in [0, 0.1) is 5.82 Å². The molecule has 0 saturated heterocycles. The molecule has 3 aromatic rings. The van der Waals surface area contributed by atoms with Gasteiger partial charge in [0, 0.05) is 27.3 Å². The maximum Gasteiger partial charge on any atom is 0.162 e. The van der Waals surface area contributed by atoms with Gasteiger partial charge in [0.15, 0.2) is 11.5 Å². The zero-order valence-corrected chi connectivity index (χ0v) is 18.7. The summed E-state index contributed by atoms with van der Waals surface area (Å²) >= 11 is 15.6. The summed E-state index contributed by atoms with van der Waals surface area (Å²) < 4.78 is 25.9. The molecule has 0 aromatic heterocycles. The second-order valence-corrected chi connectivity index (χ2v) is 7.85. The first-order chi connectivity index (χ1) is 14.0. The van der Waals surface area contributed by atoms with Crippen molar-refractivity contribution in [2.75, 3.05) is 11.9 Å². The fourth-order valence-electron chi connectivity index (χ4n) is 2.67. The molecule has 0 aliphatic rings. The van der Waals surface area contributed by atoms with Crippen LogP contribution in [0.3, 0.4) is 0 Å². The summed E-state index contributed by atoms with van der Waals surface area (Å²) in [5.74, 6) is 0.806. The highest BCUT2D eigenvalue weighted by Gasteiger charge is 2.12. The van der Waals surface area contributed by atoms with E-state index in [2.05, 4.69) is 21.2 Å². The van der Waals surface area contributed by atoms with Crippen LogP contribution < -0.4 is 14.8 Å². The third-order valence-corrected chi connectivity index (χ3v) is 5.55. The van der Waals surface area contributed by atoms with Crippen molar-refractivity contribution in [1.82, 2.24) is 0 Å². The summed E-state index contributed by atoms with van der Waals surface area (Å²) in [7, 11) is 0. The lowest BCUT2D eigenvalue weighted by atomic mass is 10.2. The van der Waals surface area contributed by atoms with E-state index in [1.165, 1.54) is 6.07 Å². The Hall–Kier alpha value is -1.95. The zero-order chi connectivity index (χ0) is 20.8. The summed E-state index contributed by atoms with van der Waals surface area (Å²) in [5.41, 5.74) is 2.57. The monoisotopic (exact) mass is 497 g/mol. The summed E-state index contributed by atoms with van der Waals surface area (Å²) in [5, 5.41) is 3.96. The molecule has 152 valence electrons. The van der Waals surface area contributed by atoms with Crippen molar-refractivity contribution in [3.63, 3.8) is 0 Å². The van der Waals surface area contributed by atoms with Crippen molar-refractivity contribution in [3.8, 4) is 11.5 Å². The quantitative estimate of drug-likeness (QED) is 0.349. The number of benzene rings is 3. The van der Waals surface area contributed by atoms with Crippen molar-refractivity contribution in [2.45, 2.75) is 20.1 Å². The van der Waals surface area contributed by atoms with Crippen LogP contribution in [-0.2, 0) is 13.2 Å². The van der Waals surface area contributed by atoms with E-state index in [4.69, 9.17) is 32.7 Å². The van der Waals surface area contributed by atoms with E-state index in [0.717, 1.165) is 21.3 Å². The van der Waals surface area contributed by atoms with Gasteiger partial charge in [-0.05, 0) is 48.9 Å². The Bertz CT molecular complexity index is 1000. The third kappa shape index (κ3) is 5.78. The predicted molar refractivity (Wildman–Crippen MR) is 120 cm³/mol. The molecular weight excluding hydrogens is 480 g/mol. The molecule has 0 bridgehead atoms. The lowest BCUT2D eigenvalue weighted by Gasteiger charge is -2.16. The van der Waals surface area contributed by atoms with Crippen molar-refractivity contribution in [3.05, 3.63) is 86.1 Å². The molecule has 0 unspecified atom stereocenters. The van der Waals surface area contributed by atoms with Gasteiger partial charge in [-0.2, -0.15) is 0 Å². The average molecular weight is 499 g/mol. The Morgan fingerprint density at radius 1 is 0.931 bits per heavy atom. The van der Waals surface area contributed by atoms with Crippen molar-refractivity contribution in [2.24, 2.45) is 0 Å². The van der Waals surface area contributed by atoms with Gasteiger partial charge in [-0.25, -0.2) is 4.39 Å². The minimum absolute atomic E-state index is 0.0763. The summed E-state index contributed by atoms with van der Waals surface area (Å²) in [6.45, 7) is 3.24. The van der Waals surface area contributed by atoms with E-state index in [1.807, 2.05) is 43.3 Å². The largest absolute Gasteiger partial charge is 0.490 e. The molecule has 0 radical (unpaired) electrons. The number of halogens is 4. The number of hydrogen-bond donors (Lipinski definition) is 1. The Morgan fingerprint density at radius 3 is 2.41 bits per heavy atom. The number of ether oxygens (including phenoxy) is 2. The van der Waals surface area contributed by atoms with E-state index >= 15 is 0 Å². The molecule has 1 N–H and O–H groups in total. The van der Waals surface area contributed by atoms with Crippen LogP contribution in [0.25, 0.3) is 0 Å². The van der Waals surface area contributed by atoms with Crippen molar-refractivity contribution in [1.29, 1.82) is 0 Å². The van der Waals surface area contributed by atoms with E-state index < -0.39 is 5.82 Å². The third-order valence-electron chi connectivity index (χ3n) is 4.16. The van der Waals surface area contributed by atoms with Gasteiger partial charge in [0.25, 0.3) is 0 Å². The van der Waals surface area contributed by atoms with Crippen molar-refractivity contribution >= 4 is 44.8 Å². The van der Waals surface area contributed by atoms with Crippen LogP contribution in [0.15, 0.2) is 59.1 Å². The number of nitrogens with one attached hydrogen (secondary N) is 1. The zero-order valence-electron chi connectivity index (χ0n) is 15.6. The molecule has 3 nitrogen and oxygen atoms in total. The Morgan fingerprint density at radius 2 is 1.69 bits per heavy atom. The average Bonchev–Trinajstić information content (AvgIpc) is 2.70. The van der Waals surface area contributed by atoms with E-state index in [0.29, 0.717) is 36.3 Å². The molecule has 0 fully saturated rings. The highest BCUT2D eigenvalue weighted by molar-refractivity contribution is 9.10. The highest BCUT2D eigenvalue weighted by Crippen LogP contribution is 2.35.